The zero-order valence-electron chi connectivity index (χ0n) is 15.9. The Balaban J connectivity index is 1.42. The molecule has 1 unspecified atom stereocenters. The van der Waals surface area contributed by atoms with E-state index in [1.165, 1.54) is 37.0 Å². The number of nitrogens with zero attached hydrogens (tertiary/aromatic N) is 1. The molecule has 1 atom stereocenters. The molecule has 0 saturated heterocycles. The van der Waals surface area contributed by atoms with Crippen molar-refractivity contribution in [2.75, 3.05) is 7.11 Å². The zero-order chi connectivity index (χ0) is 18.8. The van der Waals surface area contributed by atoms with Crippen LogP contribution < -0.4 is 14.8 Å². The van der Waals surface area contributed by atoms with Crippen molar-refractivity contribution in [1.82, 2.24) is 10.3 Å². The first kappa shape index (κ1) is 18.3. The van der Waals surface area contributed by atoms with Gasteiger partial charge >= 0.3 is 0 Å². The van der Waals surface area contributed by atoms with Gasteiger partial charge in [-0.3, -0.25) is 4.79 Å². The van der Waals surface area contributed by atoms with Crippen LogP contribution in [0.4, 0.5) is 0 Å². The van der Waals surface area contributed by atoms with E-state index in [9.17, 15) is 4.79 Å². The highest BCUT2D eigenvalue weighted by Crippen LogP contribution is 2.41. The van der Waals surface area contributed by atoms with Gasteiger partial charge in [-0.1, -0.05) is 6.07 Å². The molecule has 1 aromatic heterocycles. The number of carbonyl (C=O) groups excluding carboxylic acids is 1. The maximum Gasteiger partial charge on any atom is 0.263 e. The molecule has 0 radical (unpaired) electrons. The number of amides is 1. The van der Waals surface area contributed by atoms with Crippen molar-refractivity contribution in [3.8, 4) is 11.5 Å². The van der Waals surface area contributed by atoms with Crippen molar-refractivity contribution in [3.05, 3.63) is 39.8 Å². The molecule has 2 aliphatic carbocycles. The van der Waals surface area contributed by atoms with Crippen molar-refractivity contribution in [1.29, 1.82) is 0 Å². The minimum absolute atomic E-state index is 0.0721. The normalized spacial score (nSPS) is 18.3. The van der Waals surface area contributed by atoms with Gasteiger partial charge in [0.25, 0.3) is 5.91 Å². The van der Waals surface area contributed by atoms with Crippen molar-refractivity contribution in [2.45, 2.75) is 63.5 Å². The molecule has 2 fully saturated rings. The minimum atomic E-state index is -0.126. The fraction of sp³-hybridized carbons (Fsp3) is 0.524. The molecule has 0 bridgehead atoms. The van der Waals surface area contributed by atoms with Gasteiger partial charge < -0.3 is 14.8 Å². The first-order valence-corrected chi connectivity index (χ1v) is 10.6. The Bertz CT molecular complexity index is 810. The van der Waals surface area contributed by atoms with Crippen molar-refractivity contribution >= 4 is 17.2 Å². The summed E-state index contributed by atoms with van der Waals surface area (Å²) in [6, 6.07) is 5.78. The monoisotopic (exact) mass is 386 g/mol. The molecule has 144 valence electrons. The SMILES string of the molecule is COc1cc(C(C)NC(=O)c2cnc(C3CC3)s2)ccc1OC1CCCC1. The van der Waals surface area contributed by atoms with Crippen LogP contribution in [-0.2, 0) is 0 Å². The Morgan fingerprint density at radius 1 is 1.22 bits per heavy atom. The molecule has 4 rings (SSSR count). The Kier molecular flexibility index (Phi) is 5.34. The number of benzene rings is 1. The van der Waals surface area contributed by atoms with Gasteiger partial charge in [0.1, 0.15) is 4.88 Å². The summed E-state index contributed by atoms with van der Waals surface area (Å²) >= 11 is 1.51. The molecule has 1 N–H and O–H groups in total. The average molecular weight is 387 g/mol. The number of thiazole rings is 1. The van der Waals surface area contributed by atoms with Crippen molar-refractivity contribution in [2.24, 2.45) is 0 Å². The number of ether oxygens (including phenoxy) is 2. The van der Waals surface area contributed by atoms with E-state index in [1.807, 2.05) is 25.1 Å². The standard InChI is InChI=1S/C21H26N2O3S/c1-13(23-20(24)19-12-22-21(27-19)14-7-8-14)15-9-10-17(18(11-15)25-2)26-16-5-3-4-6-16/h9-14,16H,3-8H2,1-2H3,(H,23,24). The second-order valence-corrected chi connectivity index (χ2v) is 8.53. The highest BCUT2D eigenvalue weighted by Gasteiger charge is 2.28. The van der Waals surface area contributed by atoms with Crippen LogP contribution in [0.5, 0.6) is 11.5 Å². The van der Waals surface area contributed by atoms with Gasteiger partial charge in [0, 0.05) is 5.92 Å². The first-order chi connectivity index (χ1) is 13.1. The third-order valence-corrected chi connectivity index (χ3v) is 6.46. The van der Waals surface area contributed by atoms with Crippen LogP contribution in [0.1, 0.15) is 77.7 Å². The molecular weight excluding hydrogens is 360 g/mol. The lowest BCUT2D eigenvalue weighted by molar-refractivity contribution is 0.0943. The van der Waals surface area contributed by atoms with Gasteiger partial charge in [0.2, 0.25) is 0 Å². The van der Waals surface area contributed by atoms with Gasteiger partial charge in [0.15, 0.2) is 11.5 Å². The third kappa shape index (κ3) is 4.26. The second kappa shape index (κ2) is 7.89. The van der Waals surface area contributed by atoms with Gasteiger partial charge in [-0.25, -0.2) is 4.98 Å². The average Bonchev–Trinajstić information content (AvgIpc) is 3.18. The number of hydrogen-bond acceptors (Lipinski definition) is 5. The smallest absolute Gasteiger partial charge is 0.263 e. The van der Waals surface area contributed by atoms with Crippen LogP contribution in [0.25, 0.3) is 0 Å². The second-order valence-electron chi connectivity index (χ2n) is 7.47. The molecule has 0 aliphatic heterocycles. The summed E-state index contributed by atoms with van der Waals surface area (Å²) in [4.78, 5) is 17.6. The van der Waals surface area contributed by atoms with E-state index in [4.69, 9.17) is 9.47 Å². The first-order valence-electron chi connectivity index (χ1n) is 9.75. The summed E-state index contributed by atoms with van der Waals surface area (Å²) < 4.78 is 11.6. The maximum absolute atomic E-state index is 12.5. The molecule has 1 heterocycles. The molecule has 5 nitrogen and oxygen atoms in total. The molecule has 1 aromatic carbocycles. The minimum Gasteiger partial charge on any atom is -0.493 e. The van der Waals surface area contributed by atoms with Crippen molar-refractivity contribution < 1.29 is 14.3 Å². The molecular formula is C21H26N2O3S. The van der Waals surface area contributed by atoms with E-state index in [1.54, 1.807) is 13.3 Å². The third-order valence-electron chi connectivity index (χ3n) is 5.31. The predicted molar refractivity (Wildman–Crippen MR) is 106 cm³/mol. The molecule has 1 amide bonds. The van der Waals surface area contributed by atoms with Crippen LogP contribution in [0.2, 0.25) is 0 Å². The van der Waals surface area contributed by atoms with Crippen LogP contribution in [-0.4, -0.2) is 24.1 Å². The van der Waals surface area contributed by atoms with Crippen LogP contribution in [0.3, 0.4) is 0 Å². The summed E-state index contributed by atoms with van der Waals surface area (Å²) in [5.74, 6) is 2.00. The van der Waals surface area contributed by atoms with Gasteiger partial charge in [-0.2, -0.15) is 0 Å². The van der Waals surface area contributed by atoms with Gasteiger partial charge in [0.05, 0.1) is 30.5 Å². The quantitative estimate of drug-likeness (QED) is 0.739. The number of aromatic nitrogens is 1. The van der Waals surface area contributed by atoms with Crippen LogP contribution in [0.15, 0.2) is 24.4 Å². The maximum atomic E-state index is 12.5. The highest BCUT2D eigenvalue weighted by atomic mass is 32.1. The fourth-order valence-electron chi connectivity index (χ4n) is 3.50. The lowest BCUT2D eigenvalue weighted by atomic mass is 10.1. The van der Waals surface area contributed by atoms with Crippen LogP contribution in [0, 0.1) is 0 Å². The number of nitrogens with one attached hydrogen (secondary N) is 1. The van der Waals surface area contributed by atoms with Gasteiger partial charge in [-0.05, 0) is 63.1 Å². The molecule has 0 spiro atoms. The zero-order valence-corrected chi connectivity index (χ0v) is 16.7. The number of rotatable bonds is 7. The Morgan fingerprint density at radius 2 is 2.00 bits per heavy atom. The predicted octanol–water partition coefficient (Wildman–Crippen LogP) is 4.84. The Labute approximate surface area is 164 Å². The summed E-state index contributed by atoms with van der Waals surface area (Å²) in [6.45, 7) is 1.98. The lowest BCUT2D eigenvalue weighted by Crippen LogP contribution is -2.26. The van der Waals surface area contributed by atoms with E-state index >= 15 is 0 Å². The molecule has 2 saturated carbocycles. The number of methoxy groups -OCH3 is 1. The molecule has 2 aromatic rings. The molecule has 27 heavy (non-hydrogen) atoms. The van der Waals surface area contributed by atoms with E-state index in [0.29, 0.717) is 16.5 Å². The van der Waals surface area contributed by atoms with Crippen molar-refractivity contribution in [3.63, 3.8) is 0 Å². The van der Waals surface area contributed by atoms with E-state index in [2.05, 4.69) is 10.3 Å². The van der Waals surface area contributed by atoms with E-state index in [0.717, 1.165) is 29.2 Å². The summed E-state index contributed by atoms with van der Waals surface area (Å²) in [6.07, 6.45) is 9.04. The largest absolute Gasteiger partial charge is 0.493 e. The number of carbonyl (C=O) groups is 1. The van der Waals surface area contributed by atoms with E-state index in [-0.39, 0.29) is 18.1 Å². The summed E-state index contributed by atoms with van der Waals surface area (Å²) in [5.41, 5.74) is 0.992. The Morgan fingerprint density at radius 3 is 2.70 bits per heavy atom. The Hall–Kier alpha value is -2.08. The van der Waals surface area contributed by atoms with Crippen LogP contribution >= 0.6 is 11.3 Å². The molecule has 2 aliphatic rings. The summed E-state index contributed by atoms with van der Waals surface area (Å²) in [7, 11) is 1.65. The number of hydrogen-bond donors (Lipinski definition) is 1. The van der Waals surface area contributed by atoms with Gasteiger partial charge in [-0.15, -0.1) is 11.3 Å². The fourth-order valence-corrected chi connectivity index (χ4v) is 4.49. The molecule has 6 heteroatoms. The topological polar surface area (TPSA) is 60.5 Å². The van der Waals surface area contributed by atoms with E-state index < -0.39 is 0 Å². The summed E-state index contributed by atoms with van der Waals surface area (Å²) in [5, 5.41) is 4.15. The highest BCUT2D eigenvalue weighted by molar-refractivity contribution is 7.13. The lowest BCUT2D eigenvalue weighted by Gasteiger charge is -2.19.